The van der Waals surface area contributed by atoms with Crippen LogP contribution in [-0.2, 0) is 0 Å². The lowest BCUT2D eigenvalue weighted by Gasteiger charge is -2.05. The van der Waals surface area contributed by atoms with Gasteiger partial charge < -0.3 is 57.8 Å². The number of phenolic OH excluding ortho intramolecular Hbond substituents is 2. The third-order valence-electron chi connectivity index (χ3n) is 15.6. The van der Waals surface area contributed by atoms with Gasteiger partial charge in [-0.25, -0.2) is 68.0 Å². The SMILES string of the molecule is CC(C)n1nc(-c2cc3cc(Cl)ccc3[nH]2)c2c(N)ncnc21.CC(C)n1nc(-c2cc3cc(O)cc(Cl)c3[nH]2)c2c(N)ncnc21.CC(C)n1nc(-c2cc3cc(O)cc(F)c3[nH]2)c2c(N)ncnc21.COc1ccc2[nH]c(-c3nn(C(C)C)c4ncnc(N)c34)cc2n1. The Labute approximate surface area is 547 Å². The molecule has 16 rings (SSSR count). The summed E-state index contributed by atoms with van der Waals surface area (Å²) in [6.07, 6.45) is 5.75. The number of rotatable bonds is 9. The number of nitrogens with zero attached hydrogens (tertiary/aromatic N) is 17. The number of benzene rings is 3. The molecule has 0 aliphatic heterocycles. The van der Waals surface area contributed by atoms with Crippen molar-refractivity contribution >= 4 is 134 Å². The van der Waals surface area contributed by atoms with Gasteiger partial charge in [0.2, 0.25) is 5.88 Å². The minimum absolute atomic E-state index is 0.0701. The molecule has 0 aliphatic rings. The number of nitrogen functional groups attached to an aromatic ring is 4. The number of methoxy groups -OCH3 is 1. The summed E-state index contributed by atoms with van der Waals surface area (Å²) >= 11 is 12.3. The van der Waals surface area contributed by atoms with Gasteiger partial charge >= 0.3 is 0 Å². The molecule has 3 aromatic carbocycles. The Balaban J connectivity index is 0.000000115. The van der Waals surface area contributed by atoms with Crippen molar-refractivity contribution in [1.29, 1.82) is 0 Å². The molecule has 0 fully saturated rings. The van der Waals surface area contributed by atoms with E-state index in [1.165, 1.54) is 37.4 Å². The molecule has 0 bridgehead atoms. The lowest BCUT2D eigenvalue weighted by Crippen LogP contribution is -2.04. The zero-order valence-corrected chi connectivity index (χ0v) is 54.0. The summed E-state index contributed by atoms with van der Waals surface area (Å²) in [5.41, 5.74) is 36.4. The number of phenols is 2. The molecule has 0 spiro atoms. The van der Waals surface area contributed by atoms with E-state index in [1.54, 1.807) is 23.9 Å². The second-order valence-electron chi connectivity index (χ2n) is 23.4. The van der Waals surface area contributed by atoms with E-state index in [9.17, 15) is 14.6 Å². The van der Waals surface area contributed by atoms with Crippen molar-refractivity contribution in [2.45, 2.75) is 79.6 Å². The number of nitrogens with two attached hydrogens (primary N) is 4. The highest BCUT2D eigenvalue weighted by molar-refractivity contribution is 6.35. The van der Waals surface area contributed by atoms with Gasteiger partial charge in [-0.05, 0) is 116 Å². The maximum atomic E-state index is 14.0. The second kappa shape index (κ2) is 24.4. The molecule has 16 aromatic rings. The number of pyridine rings is 1. The summed E-state index contributed by atoms with van der Waals surface area (Å²) in [6.45, 7) is 16.2. The number of anilines is 4. The molecule has 31 heteroatoms. The highest BCUT2D eigenvalue weighted by Gasteiger charge is 2.25. The molecular weight excluding hydrogens is 1260 g/mol. The van der Waals surface area contributed by atoms with Crippen LogP contribution in [0.5, 0.6) is 17.4 Å². The number of halogens is 3. The Bertz CT molecular complexity index is 5440. The van der Waals surface area contributed by atoms with Crippen molar-refractivity contribution in [3.8, 4) is 62.9 Å². The molecule has 13 heterocycles. The van der Waals surface area contributed by atoms with Crippen LogP contribution in [0.4, 0.5) is 27.7 Å². The molecule has 0 radical (unpaired) electrons. The van der Waals surface area contributed by atoms with Gasteiger partial charge in [-0.1, -0.05) is 23.2 Å². The summed E-state index contributed by atoms with van der Waals surface area (Å²) in [6, 6.07) is 23.2. The number of fused-ring (bicyclic) bond motifs is 8. The minimum atomic E-state index is -0.534. The molecule has 13 aromatic heterocycles. The maximum absolute atomic E-state index is 14.0. The van der Waals surface area contributed by atoms with Crippen LogP contribution in [0.2, 0.25) is 10.0 Å². The Morgan fingerprint density at radius 1 is 0.442 bits per heavy atom. The van der Waals surface area contributed by atoms with Gasteiger partial charge in [-0.15, -0.1) is 0 Å². The van der Waals surface area contributed by atoms with E-state index >= 15 is 0 Å². The molecular formula is C64H62Cl2FN25O3. The van der Waals surface area contributed by atoms with Gasteiger partial charge in [-0.3, -0.25) is 0 Å². The van der Waals surface area contributed by atoms with Crippen molar-refractivity contribution in [2.75, 3.05) is 30.0 Å². The van der Waals surface area contributed by atoms with Crippen LogP contribution in [0, 0.1) is 5.82 Å². The fraction of sp³-hybridized carbons (Fsp3) is 0.203. The van der Waals surface area contributed by atoms with Crippen LogP contribution < -0.4 is 27.7 Å². The summed E-state index contributed by atoms with van der Waals surface area (Å²) < 4.78 is 26.5. The molecule has 0 amide bonds. The van der Waals surface area contributed by atoms with E-state index in [-0.39, 0.29) is 35.7 Å². The van der Waals surface area contributed by atoms with Crippen molar-refractivity contribution in [3.63, 3.8) is 0 Å². The quantitative estimate of drug-likeness (QED) is 0.0641. The van der Waals surface area contributed by atoms with Crippen LogP contribution in [-0.4, -0.2) is 121 Å². The third kappa shape index (κ3) is 11.3. The molecule has 0 saturated heterocycles. The summed E-state index contributed by atoms with van der Waals surface area (Å²) in [5.74, 6) is 1.52. The molecule has 0 atom stereocenters. The van der Waals surface area contributed by atoms with Crippen LogP contribution in [0.15, 0.2) is 104 Å². The maximum Gasteiger partial charge on any atom is 0.213 e. The van der Waals surface area contributed by atoms with E-state index in [2.05, 4.69) is 88.8 Å². The lowest BCUT2D eigenvalue weighted by molar-refractivity contribution is 0.399. The van der Waals surface area contributed by atoms with Crippen LogP contribution in [0.3, 0.4) is 0 Å². The molecule has 0 aliphatic carbocycles. The van der Waals surface area contributed by atoms with E-state index in [0.29, 0.717) is 94.9 Å². The van der Waals surface area contributed by atoms with Crippen molar-refractivity contribution in [1.82, 2.24) is 104 Å². The first kappa shape index (κ1) is 62.1. The van der Waals surface area contributed by atoms with Gasteiger partial charge in [0.15, 0.2) is 28.4 Å². The summed E-state index contributed by atoms with van der Waals surface area (Å²) in [7, 11) is 1.59. The third-order valence-corrected chi connectivity index (χ3v) is 16.2. The Kier molecular flexibility index (Phi) is 15.9. The molecule has 28 nitrogen and oxygen atoms in total. The highest BCUT2D eigenvalue weighted by atomic mass is 35.5. The number of ether oxygens (including phenoxy) is 1. The van der Waals surface area contributed by atoms with E-state index in [0.717, 1.165) is 83.7 Å². The largest absolute Gasteiger partial charge is 0.508 e. The number of aromatic amines is 4. The number of nitrogens with one attached hydrogen (secondary N) is 4. The molecule has 95 heavy (non-hydrogen) atoms. The van der Waals surface area contributed by atoms with E-state index < -0.39 is 5.82 Å². The second-order valence-corrected chi connectivity index (χ2v) is 24.3. The number of hydrogen-bond acceptors (Lipinski definition) is 20. The zero-order valence-electron chi connectivity index (χ0n) is 52.5. The van der Waals surface area contributed by atoms with Gasteiger partial charge in [0.1, 0.15) is 82.9 Å². The van der Waals surface area contributed by atoms with Gasteiger partial charge in [0.05, 0.1) is 78.5 Å². The smallest absolute Gasteiger partial charge is 0.213 e. The lowest BCUT2D eigenvalue weighted by atomic mass is 10.2. The summed E-state index contributed by atoms with van der Waals surface area (Å²) in [5, 5.41) is 44.3. The molecule has 482 valence electrons. The van der Waals surface area contributed by atoms with Crippen LogP contribution >= 0.6 is 23.2 Å². The van der Waals surface area contributed by atoms with Crippen LogP contribution in [0.1, 0.15) is 79.6 Å². The fourth-order valence-corrected chi connectivity index (χ4v) is 11.7. The monoisotopic (exact) mass is 1320 g/mol. The topological polar surface area (TPSA) is 404 Å². The first-order valence-electron chi connectivity index (χ1n) is 29.8. The number of aromatic nitrogens is 21. The Hall–Kier alpha value is -11.7. The van der Waals surface area contributed by atoms with Gasteiger partial charge in [0, 0.05) is 69.1 Å². The van der Waals surface area contributed by atoms with Crippen LogP contribution in [0.25, 0.3) is 133 Å². The molecule has 0 saturated carbocycles. The average Bonchev–Trinajstić information content (AvgIpc) is 1.63. The zero-order chi connectivity index (χ0) is 67.0. The Morgan fingerprint density at radius 3 is 1.26 bits per heavy atom. The van der Waals surface area contributed by atoms with E-state index in [4.69, 9.17) is 61.1 Å². The number of hydrogen-bond donors (Lipinski definition) is 10. The van der Waals surface area contributed by atoms with Crippen molar-refractivity contribution < 1.29 is 19.3 Å². The fourth-order valence-electron chi connectivity index (χ4n) is 11.3. The van der Waals surface area contributed by atoms with Gasteiger partial charge in [0.25, 0.3) is 0 Å². The first-order valence-corrected chi connectivity index (χ1v) is 30.6. The van der Waals surface area contributed by atoms with E-state index in [1.807, 2.05) is 104 Å². The highest BCUT2D eigenvalue weighted by Crippen LogP contribution is 2.39. The molecule has 0 unspecified atom stereocenters. The average molecular weight is 1320 g/mol. The predicted octanol–water partition coefficient (Wildman–Crippen LogP) is 12.8. The minimum Gasteiger partial charge on any atom is -0.508 e. The van der Waals surface area contributed by atoms with Crippen molar-refractivity contribution in [3.05, 3.63) is 120 Å². The Morgan fingerprint density at radius 2 is 0.821 bits per heavy atom. The number of aromatic hydroxyl groups is 2. The first-order chi connectivity index (χ1) is 45.5. The van der Waals surface area contributed by atoms with Crippen molar-refractivity contribution in [2.24, 2.45) is 0 Å². The van der Waals surface area contributed by atoms with Gasteiger partial charge in [-0.2, -0.15) is 20.4 Å². The summed E-state index contributed by atoms with van der Waals surface area (Å²) in [4.78, 5) is 51.0. The molecule has 14 N–H and O–H groups in total. The predicted molar refractivity (Wildman–Crippen MR) is 367 cm³/mol. The standard InChI is InChI=1S/C16H15ClN6O.C16H15ClN6.C16H15FN6O.C16H17N7O/c1-7(2)23-16-12(15(18)19-6-20-16)14(22-23)11-4-8-3-9(24)5-10(17)13(8)21-11;1-8(2)23-16-13(15(18)19-7-20-16)14(22-23)12-6-9-5-10(17)3-4-11(9)21-12;1-7(2)23-16-12(15(18)19-6-20-16)14(22-23)11-4-8-3-9(24)5-10(17)13(8)21-11;1-8(2)23-16-13(15(17)18-7-19-16)14(22-23)11-6-10-9(20-11)4-5-12(21-10)24-3/h3-7,21,24H,1-2H3,(H2,18,19,20);3-8,21H,1-2H3,(H2,18,19,20);3-7,21,24H,1-2H3,(H2,18,19,20);4-8,20H,1-3H3,(H2,17,18,19). The number of H-pyrrole nitrogens is 4. The normalized spacial score (nSPS) is 11.8.